The summed E-state index contributed by atoms with van der Waals surface area (Å²) in [6.45, 7) is 0.538. The quantitative estimate of drug-likeness (QED) is 0.191. The molecule has 4 aliphatic rings. The lowest BCUT2D eigenvalue weighted by Gasteiger charge is -2.31. The topological polar surface area (TPSA) is 147 Å². The van der Waals surface area contributed by atoms with Gasteiger partial charge in [-0.3, -0.25) is 0 Å². The van der Waals surface area contributed by atoms with Crippen LogP contribution in [0.1, 0.15) is 6.42 Å². The van der Waals surface area contributed by atoms with Crippen LogP contribution in [0.5, 0.6) is 0 Å². The highest BCUT2D eigenvalue weighted by Crippen LogP contribution is 2.62. The van der Waals surface area contributed by atoms with E-state index in [0.717, 1.165) is 0 Å². The number of fused-ring (bicyclic) bond motifs is 1. The Hall–Kier alpha value is -1.16. The van der Waals surface area contributed by atoms with Crippen molar-refractivity contribution in [2.45, 2.75) is 37.1 Å². The third kappa shape index (κ3) is 3.50. The fourth-order valence-corrected chi connectivity index (χ4v) is 5.00. The predicted molar refractivity (Wildman–Crippen MR) is 95.6 cm³/mol. The summed E-state index contributed by atoms with van der Waals surface area (Å²) in [5.41, 5.74) is 6.61. The molecule has 27 heavy (non-hydrogen) atoms. The zero-order chi connectivity index (χ0) is 19.2. The van der Waals surface area contributed by atoms with Gasteiger partial charge < -0.3 is 31.1 Å². The Morgan fingerprint density at radius 3 is 3.19 bits per heavy atom. The fraction of sp³-hybridized carbons (Fsp3) is 0.692. The highest BCUT2D eigenvalue weighted by atomic mass is 35.5. The Morgan fingerprint density at radius 2 is 2.41 bits per heavy atom. The van der Waals surface area contributed by atoms with E-state index in [0.29, 0.717) is 18.2 Å². The van der Waals surface area contributed by atoms with Gasteiger partial charge in [0.15, 0.2) is 17.6 Å². The molecule has 4 heterocycles. The van der Waals surface area contributed by atoms with Crippen LogP contribution in [0.4, 0.5) is 0 Å². The van der Waals surface area contributed by atoms with Gasteiger partial charge in [-0.1, -0.05) is 0 Å². The van der Waals surface area contributed by atoms with Crippen molar-refractivity contribution in [2.75, 3.05) is 19.9 Å². The molecule has 0 bridgehead atoms. The van der Waals surface area contributed by atoms with E-state index in [2.05, 4.69) is 15.6 Å². The molecule has 0 amide bonds. The zero-order valence-electron chi connectivity index (χ0n) is 14.1. The molecular formula is C13H18BClN6O5P+. The Kier molecular flexibility index (Phi) is 5.22. The lowest BCUT2D eigenvalue weighted by Crippen LogP contribution is -2.47. The van der Waals surface area contributed by atoms with Crippen molar-refractivity contribution in [3.8, 4) is 6.07 Å². The van der Waals surface area contributed by atoms with Crippen molar-refractivity contribution in [3.05, 3.63) is 11.5 Å². The van der Waals surface area contributed by atoms with E-state index in [9.17, 15) is 5.11 Å². The van der Waals surface area contributed by atoms with Crippen LogP contribution in [-0.2, 0) is 18.3 Å². The number of nitriles is 1. The largest absolute Gasteiger partial charge is 0.488 e. The number of nitrogens with zero attached hydrogens (tertiary/aromatic N) is 3. The summed E-state index contributed by atoms with van der Waals surface area (Å²) in [5, 5.41) is 25.6. The van der Waals surface area contributed by atoms with Crippen molar-refractivity contribution in [1.82, 2.24) is 15.5 Å². The smallest absolute Gasteiger partial charge is 0.385 e. The number of aliphatic imine (C=N–C) groups is 1. The molecule has 5 N–H and O–H groups in total. The summed E-state index contributed by atoms with van der Waals surface area (Å²) in [6, 6.07) is 1.95. The fourth-order valence-electron chi connectivity index (χ4n) is 3.31. The van der Waals surface area contributed by atoms with Gasteiger partial charge in [-0.15, -0.1) is 0 Å². The SMILES string of the molecule is [B][P+]1(OCCC#N)OC[C@H]2O[C@@H](N3CNC4=C3NC(Cl)=NC4N)[C@@H](O)[C@H]2O1. The van der Waals surface area contributed by atoms with Gasteiger partial charge in [-0.2, -0.15) is 18.8 Å². The minimum Gasteiger partial charge on any atom is -0.385 e. The maximum absolute atomic E-state index is 10.8. The number of nitrogens with one attached hydrogen (secondary N) is 2. The highest BCUT2D eigenvalue weighted by Gasteiger charge is 2.59. The molecule has 4 aliphatic heterocycles. The molecule has 2 fully saturated rings. The van der Waals surface area contributed by atoms with Crippen LogP contribution >= 0.6 is 19.4 Å². The molecule has 0 aromatic heterocycles. The standard InChI is InChI=1S/C13H18BClN6O5P/c14-27(23-3-1-2-16)24-4-6-9(26-27)8(22)12(25-6)21-5-18-7-10(17)19-13(15)20-11(7)21/h6,8-10,12,18,22H,1,3-5,17H2,(H,19,20)/q+1/t6-,8+,9+,10?,12-,27?/m1/s1. The second-order valence-electron chi connectivity index (χ2n) is 6.26. The van der Waals surface area contributed by atoms with Crippen molar-refractivity contribution in [1.29, 1.82) is 5.26 Å². The molecule has 2 unspecified atom stereocenters. The number of hydrogen-bond donors (Lipinski definition) is 4. The molecule has 11 nitrogen and oxygen atoms in total. The van der Waals surface area contributed by atoms with Gasteiger partial charge in [-0.05, 0) is 11.6 Å². The number of halogens is 1. The van der Waals surface area contributed by atoms with E-state index >= 15 is 0 Å². The maximum Gasteiger partial charge on any atom is 0.488 e. The van der Waals surface area contributed by atoms with Gasteiger partial charge in [0.1, 0.15) is 37.4 Å². The van der Waals surface area contributed by atoms with Crippen LogP contribution in [0.3, 0.4) is 0 Å². The Labute approximate surface area is 162 Å². The predicted octanol–water partition coefficient (Wildman–Crippen LogP) is -1.22. The van der Waals surface area contributed by atoms with Crippen LogP contribution in [0.15, 0.2) is 16.5 Å². The lowest BCUT2D eigenvalue weighted by atomic mass is 10.1. The molecule has 4 rings (SSSR count). The number of aliphatic hydroxyl groups excluding tert-OH is 1. The normalized spacial score (nSPS) is 40.6. The van der Waals surface area contributed by atoms with Gasteiger partial charge in [0, 0.05) is 0 Å². The third-order valence-corrected chi connectivity index (χ3v) is 6.32. The summed E-state index contributed by atoms with van der Waals surface area (Å²) in [4.78, 5) is 5.79. The Morgan fingerprint density at radius 1 is 1.59 bits per heavy atom. The molecule has 0 aromatic rings. The van der Waals surface area contributed by atoms with Gasteiger partial charge in [0.2, 0.25) is 0 Å². The molecule has 0 aliphatic carbocycles. The van der Waals surface area contributed by atoms with Crippen molar-refractivity contribution < 1.29 is 23.4 Å². The molecule has 144 valence electrons. The molecule has 6 atom stereocenters. The number of amidine groups is 1. The molecule has 0 saturated carbocycles. The van der Waals surface area contributed by atoms with Crippen LogP contribution in [0.25, 0.3) is 0 Å². The zero-order valence-corrected chi connectivity index (χ0v) is 15.8. The number of nitrogens with two attached hydrogens (primary N) is 1. The summed E-state index contributed by atoms with van der Waals surface area (Å²) in [6.07, 6.45) is -3.48. The molecule has 0 aromatic carbocycles. The Bertz CT molecular complexity index is 724. The third-order valence-electron chi connectivity index (χ3n) is 4.54. The highest BCUT2D eigenvalue weighted by molar-refractivity contribution is 7.85. The molecule has 0 spiro atoms. The van der Waals surface area contributed by atoms with Crippen LogP contribution in [-0.4, -0.2) is 73.5 Å². The first kappa shape index (κ1) is 19.2. The van der Waals surface area contributed by atoms with E-state index in [1.807, 2.05) is 6.07 Å². The minimum atomic E-state index is -3.12. The summed E-state index contributed by atoms with van der Waals surface area (Å²) >= 11 is 5.98. The molecule has 2 saturated heterocycles. The molecular weight excluding hydrogens is 397 g/mol. The van der Waals surface area contributed by atoms with Crippen molar-refractivity contribution >= 4 is 32.3 Å². The average Bonchev–Trinajstić information content (AvgIpc) is 3.17. The van der Waals surface area contributed by atoms with E-state index in [-0.39, 0.29) is 24.9 Å². The van der Waals surface area contributed by atoms with Crippen molar-refractivity contribution in [3.63, 3.8) is 0 Å². The lowest BCUT2D eigenvalue weighted by molar-refractivity contribution is -0.0865. The monoisotopic (exact) mass is 415 g/mol. The van der Waals surface area contributed by atoms with Gasteiger partial charge in [0.05, 0.1) is 24.9 Å². The summed E-state index contributed by atoms with van der Waals surface area (Å²) in [5.74, 6) is 0.588. The van der Waals surface area contributed by atoms with E-state index in [4.69, 9.17) is 48.5 Å². The first-order valence-corrected chi connectivity index (χ1v) is 10.3. The molecule has 2 radical (unpaired) electrons. The van der Waals surface area contributed by atoms with Crippen LogP contribution in [0, 0.1) is 11.3 Å². The van der Waals surface area contributed by atoms with Gasteiger partial charge in [0.25, 0.3) is 0 Å². The first-order valence-electron chi connectivity index (χ1n) is 8.28. The minimum absolute atomic E-state index is 0.0878. The van der Waals surface area contributed by atoms with E-state index in [1.165, 1.54) is 0 Å². The molecule has 14 heteroatoms. The number of rotatable bonds is 4. The summed E-state index contributed by atoms with van der Waals surface area (Å²) in [7, 11) is 2.91. The van der Waals surface area contributed by atoms with Gasteiger partial charge >= 0.3 is 15.4 Å². The van der Waals surface area contributed by atoms with Crippen molar-refractivity contribution in [2.24, 2.45) is 10.7 Å². The second kappa shape index (κ2) is 7.35. The first-order chi connectivity index (χ1) is 12.9. The Balaban J connectivity index is 1.46. The second-order valence-corrected chi connectivity index (χ2v) is 8.42. The average molecular weight is 416 g/mol. The summed E-state index contributed by atoms with van der Waals surface area (Å²) < 4.78 is 22.6. The maximum atomic E-state index is 10.8. The van der Waals surface area contributed by atoms with Crippen LogP contribution < -0.4 is 16.4 Å². The number of hydrogen-bond acceptors (Lipinski definition) is 11. The van der Waals surface area contributed by atoms with E-state index < -0.39 is 38.5 Å². The van der Waals surface area contributed by atoms with Crippen LogP contribution in [0.2, 0.25) is 0 Å². The van der Waals surface area contributed by atoms with E-state index in [1.54, 1.807) is 4.90 Å². The van der Waals surface area contributed by atoms with Gasteiger partial charge in [-0.25, -0.2) is 4.99 Å². The number of aliphatic hydroxyl groups is 1. The number of ether oxygens (including phenoxy) is 1.